The van der Waals surface area contributed by atoms with E-state index in [0.717, 1.165) is 6.42 Å². The van der Waals surface area contributed by atoms with Gasteiger partial charge in [0, 0.05) is 30.8 Å². The van der Waals surface area contributed by atoms with Gasteiger partial charge in [-0.3, -0.25) is 14.4 Å². The molecule has 1 spiro atoms. The molecule has 2 unspecified atom stereocenters. The summed E-state index contributed by atoms with van der Waals surface area (Å²) in [7, 11) is 0. The van der Waals surface area contributed by atoms with Gasteiger partial charge in [-0.05, 0) is 50.1 Å². The summed E-state index contributed by atoms with van der Waals surface area (Å²) in [5, 5.41) is 11.5. The predicted octanol–water partition coefficient (Wildman–Crippen LogP) is 3.37. The average Bonchev–Trinajstić information content (AvgIpc) is 3.55. The van der Waals surface area contributed by atoms with Gasteiger partial charge < -0.3 is 24.4 Å². The molecule has 2 atom stereocenters. The Labute approximate surface area is 209 Å². The van der Waals surface area contributed by atoms with Crippen LogP contribution in [-0.4, -0.2) is 60.0 Å². The van der Waals surface area contributed by atoms with Crippen molar-refractivity contribution in [2.45, 2.75) is 31.4 Å². The fraction of sp³-hybridized carbons (Fsp3) is 0.321. The van der Waals surface area contributed by atoms with Gasteiger partial charge in [-0.1, -0.05) is 24.3 Å². The van der Waals surface area contributed by atoms with Crippen molar-refractivity contribution in [1.29, 1.82) is 0 Å². The third-order valence-electron chi connectivity index (χ3n) is 6.97. The number of nitrogens with zero attached hydrogens (tertiary/aromatic N) is 2. The molecule has 2 aromatic carbocycles. The molecule has 2 fully saturated rings. The highest BCUT2D eigenvalue weighted by atomic mass is 16.5. The minimum absolute atomic E-state index is 0.0621. The number of aliphatic hydroxyl groups is 1. The van der Waals surface area contributed by atoms with Crippen molar-refractivity contribution in [2.75, 3.05) is 31.2 Å². The number of carbonyl (C=O) groups excluding carboxylic acids is 3. The Morgan fingerprint density at radius 3 is 2.61 bits per heavy atom. The smallest absolute Gasteiger partial charge is 0.296 e. The van der Waals surface area contributed by atoms with Crippen LogP contribution in [-0.2, 0) is 24.7 Å². The fourth-order valence-electron chi connectivity index (χ4n) is 5.44. The van der Waals surface area contributed by atoms with E-state index in [1.165, 1.54) is 9.80 Å². The standard InChI is InChI=1S/C28H28N2O6/c1-3-15-29-22-10-6-5-9-21(22)28(27(29)34)23(24(31)18-11-13-19(14-12-18)35-4-2)25(32)26(33)30(28)17-20-8-7-16-36-20/h3,5-6,9-14,20,31H,1,4,7-8,15-17H2,2H3. The van der Waals surface area contributed by atoms with Crippen molar-refractivity contribution in [1.82, 2.24) is 4.90 Å². The van der Waals surface area contributed by atoms with E-state index in [4.69, 9.17) is 9.47 Å². The quantitative estimate of drug-likeness (QED) is 0.278. The summed E-state index contributed by atoms with van der Waals surface area (Å²) in [6, 6.07) is 13.6. The third-order valence-corrected chi connectivity index (χ3v) is 6.97. The maximum atomic E-state index is 14.3. The number of hydrogen-bond donors (Lipinski definition) is 1. The van der Waals surface area contributed by atoms with Crippen LogP contribution in [0.1, 0.15) is 30.9 Å². The first-order valence-corrected chi connectivity index (χ1v) is 12.1. The summed E-state index contributed by atoms with van der Waals surface area (Å²) in [6.07, 6.45) is 2.83. The van der Waals surface area contributed by atoms with Crippen molar-refractivity contribution in [3.05, 3.63) is 77.9 Å². The van der Waals surface area contributed by atoms with Gasteiger partial charge in [-0.2, -0.15) is 0 Å². The van der Waals surface area contributed by atoms with Crippen molar-refractivity contribution < 1.29 is 29.0 Å². The summed E-state index contributed by atoms with van der Waals surface area (Å²) in [6.45, 7) is 6.91. The maximum Gasteiger partial charge on any atom is 0.296 e. The first kappa shape index (κ1) is 23.8. The molecule has 3 aliphatic heterocycles. The van der Waals surface area contributed by atoms with E-state index in [0.29, 0.717) is 42.2 Å². The van der Waals surface area contributed by atoms with Crippen LogP contribution in [0.25, 0.3) is 5.76 Å². The highest BCUT2D eigenvalue weighted by Crippen LogP contribution is 2.53. The number of ether oxygens (including phenoxy) is 2. The number of rotatable bonds is 7. The third kappa shape index (κ3) is 3.44. The molecule has 2 saturated heterocycles. The minimum Gasteiger partial charge on any atom is -0.507 e. The van der Waals surface area contributed by atoms with Gasteiger partial charge in [0.05, 0.1) is 24.0 Å². The number of anilines is 1. The molecule has 0 bridgehead atoms. The molecule has 2 aromatic rings. The number of fused-ring (bicyclic) bond motifs is 2. The van der Waals surface area contributed by atoms with Gasteiger partial charge in [-0.25, -0.2) is 0 Å². The molecule has 0 saturated carbocycles. The van der Waals surface area contributed by atoms with Crippen LogP contribution in [0, 0.1) is 0 Å². The Balaban J connectivity index is 1.75. The van der Waals surface area contributed by atoms with Crippen LogP contribution < -0.4 is 9.64 Å². The van der Waals surface area contributed by atoms with Crippen LogP contribution in [0.4, 0.5) is 5.69 Å². The molecule has 3 aliphatic rings. The Bertz CT molecular complexity index is 1260. The Kier molecular flexibility index (Phi) is 6.14. The molecule has 8 nitrogen and oxygen atoms in total. The van der Waals surface area contributed by atoms with Crippen molar-refractivity contribution in [3.8, 4) is 5.75 Å². The number of likely N-dealkylation sites (tertiary alicyclic amines) is 1. The molecule has 2 amide bonds. The number of para-hydroxylation sites is 1. The van der Waals surface area contributed by atoms with Crippen molar-refractivity contribution in [3.63, 3.8) is 0 Å². The van der Waals surface area contributed by atoms with E-state index in [-0.39, 0.29) is 24.8 Å². The summed E-state index contributed by atoms with van der Waals surface area (Å²) in [5.41, 5.74) is -0.692. The minimum atomic E-state index is -1.80. The average molecular weight is 489 g/mol. The lowest BCUT2D eigenvalue weighted by atomic mass is 9.81. The summed E-state index contributed by atoms with van der Waals surface area (Å²) in [5.74, 6) is -2.02. The van der Waals surface area contributed by atoms with Crippen LogP contribution in [0.2, 0.25) is 0 Å². The van der Waals surface area contributed by atoms with E-state index in [1.54, 1.807) is 54.6 Å². The second kappa shape index (κ2) is 9.28. The zero-order valence-corrected chi connectivity index (χ0v) is 20.1. The summed E-state index contributed by atoms with van der Waals surface area (Å²) < 4.78 is 11.3. The van der Waals surface area contributed by atoms with E-state index in [9.17, 15) is 19.5 Å². The van der Waals surface area contributed by atoms with E-state index in [1.807, 2.05) is 6.92 Å². The van der Waals surface area contributed by atoms with Crippen LogP contribution in [0.15, 0.2) is 66.8 Å². The molecule has 36 heavy (non-hydrogen) atoms. The van der Waals surface area contributed by atoms with Gasteiger partial charge in [0.25, 0.3) is 17.6 Å². The number of ketones is 1. The van der Waals surface area contributed by atoms with Gasteiger partial charge in [0.1, 0.15) is 11.5 Å². The normalized spacial score (nSPS) is 24.6. The lowest BCUT2D eigenvalue weighted by Crippen LogP contribution is -2.53. The first-order chi connectivity index (χ1) is 17.4. The number of carbonyl (C=O) groups is 3. The molecule has 0 aromatic heterocycles. The molecular formula is C28H28N2O6. The van der Waals surface area contributed by atoms with E-state index < -0.39 is 28.9 Å². The summed E-state index contributed by atoms with van der Waals surface area (Å²) >= 11 is 0. The number of benzene rings is 2. The molecule has 3 heterocycles. The zero-order valence-electron chi connectivity index (χ0n) is 20.1. The lowest BCUT2D eigenvalue weighted by Gasteiger charge is -2.35. The second-order valence-electron chi connectivity index (χ2n) is 8.99. The fourth-order valence-corrected chi connectivity index (χ4v) is 5.44. The molecule has 186 valence electrons. The van der Waals surface area contributed by atoms with Crippen molar-refractivity contribution in [2.24, 2.45) is 0 Å². The van der Waals surface area contributed by atoms with Crippen LogP contribution >= 0.6 is 0 Å². The Morgan fingerprint density at radius 1 is 1.19 bits per heavy atom. The summed E-state index contributed by atoms with van der Waals surface area (Å²) in [4.78, 5) is 44.2. The largest absolute Gasteiger partial charge is 0.507 e. The molecular weight excluding hydrogens is 460 g/mol. The SMILES string of the molecule is C=CCN1C(=O)C2(C(=C(O)c3ccc(OCC)cc3)C(=O)C(=O)N2CC2CCCO2)c2ccccc21. The Hall–Kier alpha value is -3.91. The van der Waals surface area contributed by atoms with Gasteiger partial charge in [-0.15, -0.1) is 6.58 Å². The number of amides is 2. The molecule has 1 N–H and O–H groups in total. The van der Waals surface area contributed by atoms with Crippen LogP contribution in [0.5, 0.6) is 5.75 Å². The van der Waals surface area contributed by atoms with E-state index >= 15 is 0 Å². The van der Waals surface area contributed by atoms with Crippen molar-refractivity contribution >= 4 is 29.0 Å². The zero-order chi connectivity index (χ0) is 25.4. The predicted molar refractivity (Wildman–Crippen MR) is 134 cm³/mol. The first-order valence-electron chi connectivity index (χ1n) is 12.1. The molecule has 8 heteroatoms. The number of hydrogen-bond acceptors (Lipinski definition) is 6. The van der Waals surface area contributed by atoms with E-state index in [2.05, 4.69) is 6.58 Å². The number of aliphatic hydroxyl groups excluding tert-OH is 1. The Morgan fingerprint density at radius 2 is 1.94 bits per heavy atom. The number of Topliss-reactive ketones (excluding diaryl/α,β-unsaturated/α-hetero) is 1. The highest BCUT2D eigenvalue weighted by molar-refractivity contribution is 6.50. The van der Waals surface area contributed by atoms with Gasteiger partial charge in [0.15, 0.2) is 5.54 Å². The lowest BCUT2D eigenvalue weighted by molar-refractivity contribution is -0.145. The second-order valence-corrected chi connectivity index (χ2v) is 8.99. The maximum absolute atomic E-state index is 14.3. The molecule has 5 rings (SSSR count). The monoisotopic (exact) mass is 488 g/mol. The van der Waals surface area contributed by atoms with Gasteiger partial charge >= 0.3 is 0 Å². The van der Waals surface area contributed by atoms with Gasteiger partial charge in [0.2, 0.25) is 0 Å². The van der Waals surface area contributed by atoms with Crippen LogP contribution in [0.3, 0.4) is 0 Å². The highest BCUT2D eigenvalue weighted by Gasteiger charge is 2.67. The molecule has 0 radical (unpaired) electrons. The topological polar surface area (TPSA) is 96.4 Å². The molecule has 0 aliphatic carbocycles.